The van der Waals surface area contributed by atoms with E-state index in [4.69, 9.17) is 0 Å². The smallest absolute Gasteiger partial charge is 0.318 e. The van der Waals surface area contributed by atoms with Gasteiger partial charge in [0.1, 0.15) is 5.82 Å². The van der Waals surface area contributed by atoms with Crippen molar-refractivity contribution >= 4 is 6.03 Å². The minimum atomic E-state index is 0.0912. The van der Waals surface area contributed by atoms with Crippen molar-refractivity contribution in [2.75, 3.05) is 6.54 Å². The van der Waals surface area contributed by atoms with Crippen LogP contribution in [0.3, 0.4) is 0 Å². The first-order chi connectivity index (χ1) is 10.6. The Hall–Kier alpha value is -1.52. The lowest BCUT2D eigenvalue weighted by Gasteiger charge is -2.31. The second kappa shape index (κ2) is 6.71. The van der Waals surface area contributed by atoms with E-state index in [1.165, 1.54) is 32.1 Å². The molecule has 122 valence electrons. The summed E-state index contributed by atoms with van der Waals surface area (Å²) in [5, 5.41) is 3.08. The first kappa shape index (κ1) is 15.4. The number of amides is 2. The van der Waals surface area contributed by atoms with Crippen LogP contribution in [-0.4, -0.2) is 33.1 Å². The summed E-state index contributed by atoms with van der Waals surface area (Å²) in [5.41, 5.74) is 0. The zero-order valence-electron chi connectivity index (χ0n) is 13.8. The topological polar surface area (TPSA) is 50.2 Å². The van der Waals surface area contributed by atoms with Crippen molar-refractivity contribution in [2.45, 2.75) is 65.1 Å². The molecular formula is C17H28N4O. The number of fused-ring (bicyclic) bond motifs is 1. The molecule has 1 aromatic rings. The predicted molar refractivity (Wildman–Crippen MR) is 86.4 cm³/mol. The van der Waals surface area contributed by atoms with Gasteiger partial charge in [0.05, 0.1) is 6.54 Å². The van der Waals surface area contributed by atoms with E-state index in [9.17, 15) is 4.79 Å². The standard InChI is InChI=1S/C17H28N4O/c1-13(2)12-20-10-8-18-16(20)11-19-17(22)21-9-7-14-5-3-4-6-15(14)21/h8,10,13-15H,3-7,9,11-12H2,1-2H3,(H,19,22)/t14-,15+/m0/s1. The van der Waals surface area contributed by atoms with Crippen LogP contribution in [0.4, 0.5) is 4.79 Å². The number of rotatable bonds is 4. The van der Waals surface area contributed by atoms with Crippen LogP contribution in [0.2, 0.25) is 0 Å². The highest BCUT2D eigenvalue weighted by molar-refractivity contribution is 5.74. The van der Waals surface area contributed by atoms with Gasteiger partial charge >= 0.3 is 6.03 Å². The molecule has 2 atom stereocenters. The van der Waals surface area contributed by atoms with Crippen molar-refractivity contribution in [3.8, 4) is 0 Å². The Morgan fingerprint density at radius 2 is 2.18 bits per heavy atom. The lowest BCUT2D eigenvalue weighted by molar-refractivity contribution is 0.169. The highest BCUT2D eigenvalue weighted by Gasteiger charge is 2.38. The van der Waals surface area contributed by atoms with Gasteiger partial charge in [0.25, 0.3) is 0 Å². The number of carbonyl (C=O) groups excluding carboxylic acids is 1. The summed E-state index contributed by atoms with van der Waals surface area (Å²) in [6.07, 6.45) is 10.1. The van der Waals surface area contributed by atoms with Gasteiger partial charge in [-0.25, -0.2) is 9.78 Å². The molecule has 5 nitrogen and oxygen atoms in total. The van der Waals surface area contributed by atoms with E-state index >= 15 is 0 Å². The Bertz CT molecular complexity index is 511. The van der Waals surface area contributed by atoms with Crippen LogP contribution in [-0.2, 0) is 13.1 Å². The minimum Gasteiger partial charge on any atom is -0.333 e. The maximum atomic E-state index is 12.5. The number of nitrogens with one attached hydrogen (secondary N) is 1. The SMILES string of the molecule is CC(C)Cn1ccnc1CNC(=O)N1CC[C@@H]2CCCC[C@H]21. The normalized spacial score (nSPS) is 24.6. The van der Waals surface area contributed by atoms with Gasteiger partial charge in [-0.1, -0.05) is 26.7 Å². The van der Waals surface area contributed by atoms with Crippen molar-refractivity contribution in [2.24, 2.45) is 11.8 Å². The molecular weight excluding hydrogens is 276 g/mol. The Labute approximate surface area is 133 Å². The molecule has 1 aliphatic heterocycles. The van der Waals surface area contributed by atoms with E-state index in [0.29, 0.717) is 18.5 Å². The van der Waals surface area contributed by atoms with Gasteiger partial charge in [0.2, 0.25) is 0 Å². The number of nitrogens with zero attached hydrogens (tertiary/aromatic N) is 3. The number of imidazole rings is 1. The van der Waals surface area contributed by atoms with Crippen molar-refractivity contribution in [3.63, 3.8) is 0 Å². The number of hydrogen-bond acceptors (Lipinski definition) is 2. The Morgan fingerprint density at radius 1 is 1.36 bits per heavy atom. The minimum absolute atomic E-state index is 0.0912. The first-order valence-corrected chi connectivity index (χ1v) is 8.69. The lowest BCUT2D eigenvalue weighted by Crippen LogP contribution is -2.45. The molecule has 0 aromatic carbocycles. The fourth-order valence-corrected chi connectivity index (χ4v) is 3.98. The summed E-state index contributed by atoms with van der Waals surface area (Å²) in [6, 6.07) is 0.567. The quantitative estimate of drug-likeness (QED) is 0.929. The van der Waals surface area contributed by atoms with Crippen LogP contribution in [0.25, 0.3) is 0 Å². The monoisotopic (exact) mass is 304 g/mol. The molecule has 1 saturated heterocycles. The van der Waals surface area contributed by atoms with Gasteiger partial charge in [0.15, 0.2) is 0 Å². The fraction of sp³-hybridized carbons (Fsp3) is 0.765. The molecule has 0 unspecified atom stereocenters. The van der Waals surface area contributed by atoms with E-state index in [0.717, 1.165) is 24.8 Å². The average molecular weight is 304 g/mol. The van der Waals surface area contributed by atoms with E-state index in [-0.39, 0.29) is 6.03 Å². The molecule has 3 rings (SSSR count). The first-order valence-electron chi connectivity index (χ1n) is 8.69. The van der Waals surface area contributed by atoms with Crippen LogP contribution < -0.4 is 5.32 Å². The predicted octanol–water partition coefficient (Wildman–Crippen LogP) is 3.01. The molecule has 2 aliphatic rings. The van der Waals surface area contributed by atoms with Gasteiger partial charge in [-0.05, 0) is 31.1 Å². The molecule has 0 bridgehead atoms. The average Bonchev–Trinajstić information content (AvgIpc) is 3.11. The zero-order valence-corrected chi connectivity index (χ0v) is 13.8. The number of urea groups is 1. The number of likely N-dealkylation sites (tertiary alicyclic amines) is 1. The maximum absolute atomic E-state index is 12.5. The van der Waals surface area contributed by atoms with Gasteiger partial charge in [-0.3, -0.25) is 0 Å². The fourth-order valence-electron chi connectivity index (χ4n) is 3.98. The van der Waals surface area contributed by atoms with Gasteiger partial charge in [-0.15, -0.1) is 0 Å². The van der Waals surface area contributed by atoms with Crippen molar-refractivity contribution < 1.29 is 4.79 Å². The summed E-state index contributed by atoms with van der Waals surface area (Å²) in [6.45, 7) is 6.76. The summed E-state index contributed by atoms with van der Waals surface area (Å²) >= 11 is 0. The molecule has 0 radical (unpaired) electrons. The molecule has 5 heteroatoms. The van der Waals surface area contributed by atoms with Gasteiger partial charge in [0, 0.05) is 31.5 Å². The zero-order chi connectivity index (χ0) is 15.5. The van der Waals surface area contributed by atoms with Crippen LogP contribution in [0.15, 0.2) is 12.4 Å². The highest BCUT2D eigenvalue weighted by atomic mass is 16.2. The third kappa shape index (κ3) is 3.28. The molecule has 22 heavy (non-hydrogen) atoms. The van der Waals surface area contributed by atoms with E-state index in [2.05, 4.69) is 33.6 Å². The Kier molecular flexibility index (Phi) is 4.69. The summed E-state index contributed by atoms with van der Waals surface area (Å²) in [5.74, 6) is 2.26. The maximum Gasteiger partial charge on any atom is 0.318 e. The van der Waals surface area contributed by atoms with E-state index in [1.807, 2.05) is 12.4 Å². The highest BCUT2D eigenvalue weighted by Crippen LogP contribution is 2.35. The van der Waals surface area contributed by atoms with Crippen LogP contribution in [0.1, 0.15) is 51.8 Å². The number of aromatic nitrogens is 2. The molecule has 2 amide bonds. The molecule has 2 heterocycles. The second-order valence-corrected chi connectivity index (χ2v) is 7.14. The Morgan fingerprint density at radius 3 is 3.00 bits per heavy atom. The molecule has 0 spiro atoms. The number of hydrogen-bond donors (Lipinski definition) is 1. The van der Waals surface area contributed by atoms with Crippen LogP contribution >= 0.6 is 0 Å². The second-order valence-electron chi connectivity index (χ2n) is 7.14. The molecule has 1 aliphatic carbocycles. The summed E-state index contributed by atoms with van der Waals surface area (Å²) < 4.78 is 2.14. The van der Waals surface area contributed by atoms with Gasteiger partial charge < -0.3 is 14.8 Å². The summed E-state index contributed by atoms with van der Waals surface area (Å²) in [7, 11) is 0. The van der Waals surface area contributed by atoms with E-state index < -0.39 is 0 Å². The van der Waals surface area contributed by atoms with Crippen LogP contribution in [0, 0.1) is 11.8 Å². The molecule has 1 saturated carbocycles. The van der Waals surface area contributed by atoms with Crippen molar-refractivity contribution in [1.29, 1.82) is 0 Å². The molecule has 1 aromatic heterocycles. The van der Waals surface area contributed by atoms with Crippen LogP contribution in [0.5, 0.6) is 0 Å². The molecule has 1 N–H and O–H groups in total. The third-order valence-corrected chi connectivity index (χ3v) is 5.03. The Balaban J connectivity index is 1.55. The van der Waals surface area contributed by atoms with E-state index in [1.54, 1.807) is 0 Å². The number of carbonyl (C=O) groups is 1. The van der Waals surface area contributed by atoms with Crippen molar-refractivity contribution in [1.82, 2.24) is 19.8 Å². The van der Waals surface area contributed by atoms with Crippen molar-refractivity contribution in [3.05, 3.63) is 18.2 Å². The molecule has 2 fully saturated rings. The van der Waals surface area contributed by atoms with Gasteiger partial charge in [-0.2, -0.15) is 0 Å². The third-order valence-electron chi connectivity index (χ3n) is 5.03. The lowest BCUT2D eigenvalue weighted by atomic mass is 9.85. The largest absolute Gasteiger partial charge is 0.333 e. The summed E-state index contributed by atoms with van der Waals surface area (Å²) in [4.78, 5) is 19.0.